The van der Waals surface area contributed by atoms with Crippen molar-refractivity contribution in [3.8, 4) is 0 Å². The highest BCUT2D eigenvalue weighted by Gasteiger charge is 2.31. The molecule has 3 heterocycles. The lowest BCUT2D eigenvalue weighted by molar-refractivity contribution is 0.0671. The van der Waals surface area contributed by atoms with Crippen LogP contribution < -0.4 is 5.56 Å². The summed E-state index contributed by atoms with van der Waals surface area (Å²) in [5.74, 6) is 2.15. The van der Waals surface area contributed by atoms with Crippen molar-refractivity contribution in [1.82, 2.24) is 19.6 Å². The Morgan fingerprint density at radius 1 is 1.07 bits per heavy atom. The molecule has 0 spiro atoms. The molecule has 2 aliphatic carbocycles. The van der Waals surface area contributed by atoms with E-state index in [9.17, 15) is 9.59 Å². The summed E-state index contributed by atoms with van der Waals surface area (Å²) in [6.07, 6.45) is 8.02. The van der Waals surface area contributed by atoms with E-state index in [-0.39, 0.29) is 11.5 Å². The Morgan fingerprint density at radius 3 is 2.48 bits per heavy atom. The van der Waals surface area contributed by atoms with E-state index in [2.05, 4.69) is 10.1 Å². The van der Waals surface area contributed by atoms with Gasteiger partial charge in [0, 0.05) is 43.6 Å². The highest BCUT2D eigenvalue weighted by molar-refractivity contribution is 5.92. The second-order valence-electron chi connectivity index (χ2n) is 8.20. The summed E-state index contributed by atoms with van der Waals surface area (Å²) in [5.41, 5.74) is 1.40. The van der Waals surface area contributed by atoms with Crippen molar-refractivity contribution in [3.05, 3.63) is 46.0 Å². The molecule has 0 N–H and O–H groups in total. The minimum atomic E-state index is -0.0447. The minimum Gasteiger partial charge on any atom is -0.360 e. The zero-order chi connectivity index (χ0) is 18.4. The van der Waals surface area contributed by atoms with Gasteiger partial charge in [-0.1, -0.05) is 5.16 Å². The van der Waals surface area contributed by atoms with E-state index < -0.39 is 0 Å². The number of hydrogen-bond acceptors (Lipinski definition) is 5. The Bertz CT molecular complexity index is 902. The van der Waals surface area contributed by atoms with Crippen molar-refractivity contribution in [2.45, 2.75) is 56.9 Å². The molecular formula is C20H24N4O3. The molecule has 142 valence electrons. The number of amides is 1. The molecule has 7 nitrogen and oxygen atoms in total. The van der Waals surface area contributed by atoms with Crippen LogP contribution in [0.5, 0.6) is 0 Å². The third-order valence-corrected chi connectivity index (χ3v) is 5.98. The quantitative estimate of drug-likeness (QED) is 0.810. The maximum Gasteiger partial charge on any atom is 0.276 e. The van der Waals surface area contributed by atoms with Gasteiger partial charge >= 0.3 is 0 Å². The van der Waals surface area contributed by atoms with Crippen molar-refractivity contribution in [2.24, 2.45) is 5.92 Å². The molecule has 1 amide bonds. The lowest BCUT2D eigenvalue weighted by Gasteiger charge is -2.31. The van der Waals surface area contributed by atoms with Crippen LogP contribution >= 0.6 is 0 Å². The van der Waals surface area contributed by atoms with Crippen LogP contribution in [0.1, 0.15) is 72.3 Å². The van der Waals surface area contributed by atoms with Crippen LogP contribution in [-0.2, 0) is 6.54 Å². The minimum absolute atomic E-state index is 0.0422. The second-order valence-corrected chi connectivity index (χ2v) is 8.20. The molecule has 3 fully saturated rings. The molecule has 0 radical (unpaired) electrons. The van der Waals surface area contributed by atoms with Crippen LogP contribution in [-0.4, -0.2) is 38.6 Å². The predicted molar refractivity (Wildman–Crippen MR) is 97.6 cm³/mol. The summed E-state index contributed by atoms with van der Waals surface area (Å²) in [5, 5.41) is 3.96. The van der Waals surface area contributed by atoms with Crippen LogP contribution in [0.15, 0.2) is 27.8 Å². The third kappa shape index (κ3) is 3.55. The molecule has 0 unspecified atom stereocenters. The fourth-order valence-electron chi connectivity index (χ4n) is 3.89. The van der Waals surface area contributed by atoms with Gasteiger partial charge in [0.1, 0.15) is 5.76 Å². The van der Waals surface area contributed by atoms with E-state index in [1.54, 1.807) is 23.0 Å². The van der Waals surface area contributed by atoms with Gasteiger partial charge < -0.3 is 9.42 Å². The van der Waals surface area contributed by atoms with Crippen molar-refractivity contribution in [1.29, 1.82) is 0 Å². The molecule has 1 aliphatic heterocycles. The summed E-state index contributed by atoms with van der Waals surface area (Å²) in [7, 11) is 0. The lowest BCUT2D eigenvalue weighted by atomic mass is 9.96. The smallest absolute Gasteiger partial charge is 0.276 e. The van der Waals surface area contributed by atoms with Gasteiger partial charge in [-0.15, -0.1) is 0 Å². The fourth-order valence-corrected chi connectivity index (χ4v) is 3.89. The SMILES string of the molecule is O=C(c1cc(C2CC2)on1)N1CCC(Cn2cnc(C3CC3)cc2=O)CC1. The Labute approximate surface area is 157 Å². The first kappa shape index (κ1) is 16.7. The second kappa shape index (κ2) is 6.62. The maximum absolute atomic E-state index is 12.6. The van der Waals surface area contributed by atoms with E-state index in [0.29, 0.717) is 43.1 Å². The Morgan fingerprint density at radius 2 is 1.81 bits per heavy atom. The third-order valence-electron chi connectivity index (χ3n) is 5.98. The number of likely N-dealkylation sites (tertiary alicyclic amines) is 1. The molecule has 2 aromatic heterocycles. The summed E-state index contributed by atoms with van der Waals surface area (Å²) >= 11 is 0. The maximum atomic E-state index is 12.6. The Balaban J connectivity index is 1.17. The van der Waals surface area contributed by atoms with E-state index in [0.717, 1.165) is 50.0 Å². The molecule has 27 heavy (non-hydrogen) atoms. The van der Waals surface area contributed by atoms with Gasteiger partial charge in [0.05, 0.1) is 12.0 Å². The van der Waals surface area contributed by atoms with Crippen LogP contribution in [0.25, 0.3) is 0 Å². The van der Waals surface area contributed by atoms with Crippen molar-refractivity contribution in [2.75, 3.05) is 13.1 Å². The van der Waals surface area contributed by atoms with Crippen LogP contribution in [0.3, 0.4) is 0 Å². The zero-order valence-corrected chi connectivity index (χ0v) is 15.3. The average Bonchev–Trinajstić information content (AvgIpc) is 3.62. The van der Waals surface area contributed by atoms with E-state index in [1.165, 1.54) is 0 Å². The van der Waals surface area contributed by atoms with Crippen LogP contribution in [0, 0.1) is 5.92 Å². The van der Waals surface area contributed by atoms with E-state index >= 15 is 0 Å². The van der Waals surface area contributed by atoms with Gasteiger partial charge in [0.15, 0.2) is 5.69 Å². The number of carbonyl (C=O) groups excluding carboxylic acids is 1. The number of rotatable bonds is 5. The molecule has 0 bridgehead atoms. The molecule has 2 saturated carbocycles. The van der Waals surface area contributed by atoms with Gasteiger partial charge in [-0.2, -0.15) is 0 Å². The summed E-state index contributed by atoms with van der Waals surface area (Å²) in [6, 6.07) is 3.50. The van der Waals surface area contributed by atoms with Crippen molar-refractivity contribution >= 4 is 5.91 Å². The summed E-state index contributed by atoms with van der Waals surface area (Å²) in [6.45, 7) is 2.06. The lowest BCUT2D eigenvalue weighted by Crippen LogP contribution is -2.40. The van der Waals surface area contributed by atoms with Crippen LogP contribution in [0.2, 0.25) is 0 Å². The first-order valence-electron chi connectivity index (χ1n) is 9.99. The van der Waals surface area contributed by atoms with E-state index in [4.69, 9.17) is 4.52 Å². The standard InChI is InChI=1S/C20H24N4O3/c25-19-10-16(14-1-2-14)21-12-24(19)11-13-5-7-23(8-6-13)20(26)17-9-18(27-22-17)15-3-4-15/h9-10,12-15H,1-8,11H2. The molecule has 7 heteroatoms. The van der Waals surface area contributed by atoms with Crippen LogP contribution in [0.4, 0.5) is 0 Å². The number of piperidine rings is 1. The highest BCUT2D eigenvalue weighted by atomic mass is 16.5. The molecule has 0 aromatic carbocycles. The predicted octanol–water partition coefficient (Wildman–Crippen LogP) is 2.54. The van der Waals surface area contributed by atoms with Crippen molar-refractivity contribution < 1.29 is 9.32 Å². The largest absolute Gasteiger partial charge is 0.360 e. The molecule has 0 atom stereocenters. The summed E-state index contributed by atoms with van der Waals surface area (Å²) in [4.78, 5) is 31.2. The van der Waals surface area contributed by atoms with E-state index in [1.807, 2.05) is 4.90 Å². The normalized spacial score (nSPS) is 20.8. The Kier molecular flexibility index (Phi) is 4.10. The van der Waals surface area contributed by atoms with Gasteiger partial charge in [0.2, 0.25) is 0 Å². The Hall–Kier alpha value is -2.44. The topological polar surface area (TPSA) is 81.2 Å². The fraction of sp³-hybridized carbons (Fsp3) is 0.600. The molecular weight excluding hydrogens is 344 g/mol. The summed E-state index contributed by atoms with van der Waals surface area (Å²) < 4.78 is 7.02. The monoisotopic (exact) mass is 368 g/mol. The van der Waals surface area contributed by atoms with Gasteiger partial charge in [-0.3, -0.25) is 14.2 Å². The van der Waals surface area contributed by atoms with Gasteiger partial charge in [-0.25, -0.2) is 4.98 Å². The van der Waals surface area contributed by atoms with Gasteiger partial charge in [-0.05, 0) is 44.4 Å². The molecule has 1 saturated heterocycles. The number of carbonyl (C=O) groups is 1. The van der Waals surface area contributed by atoms with Crippen molar-refractivity contribution in [3.63, 3.8) is 0 Å². The first-order valence-corrected chi connectivity index (χ1v) is 9.99. The molecule has 2 aromatic rings. The molecule has 3 aliphatic rings. The first-order chi connectivity index (χ1) is 13.2. The van der Waals surface area contributed by atoms with Gasteiger partial charge in [0.25, 0.3) is 11.5 Å². The number of nitrogens with zero attached hydrogens (tertiary/aromatic N) is 4. The zero-order valence-electron chi connectivity index (χ0n) is 15.3. The number of aromatic nitrogens is 3. The highest BCUT2D eigenvalue weighted by Crippen LogP contribution is 2.40. The molecule has 5 rings (SSSR count). The average molecular weight is 368 g/mol. The number of hydrogen-bond donors (Lipinski definition) is 0.